The summed E-state index contributed by atoms with van der Waals surface area (Å²) in [6, 6.07) is -0.710. The second-order valence-corrected chi connectivity index (χ2v) is 3.08. The molecule has 0 heterocycles. The summed E-state index contributed by atoms with van der Waals surface area (Å²) >= 11 is 0. The van der Waals surface area contributed by atoms with E-state index >= 15 is 0 Å². The smallest absolute Gasteiger partial charge is 0.326 e. The first-order valence-electron chi connectivity index (χ1n) is 4.18. The third-order valence-electron chi connectivity index (χ3n) is 1.97. The van der Waals surface area contributed by atoms with Crippen LogP contribution in [0.15, 0.2) is 0 Å². The fourth-order valence-corrected chi connectivity index (χ4v) is 0.974. The molecule has 12 heavy (non-hydrogen) atoms. The van der Waals surface area contributed by atoms with E-state index in [1.165, 1.54) is 0 Å². The van der Waals surface area contributed by atoms with Crippen LogP contribution in [-0.4, -0.2) is 23.0 Å². The number of hydrogen-bond acceptors (Lipinski definition) is 2. The van der Waals surface area contributed by atoms with E-state index in [4.69, 9.17) is 5.11 Å². The Balaban J connectivity index is 2.35. The number of hydrogen-bond donors (Lipinski definition) is 2. The van der Waals surface area contributed by atoms with E-state index in [1.807, 2.05) is 0 Å². The van der Waals surface area contributed by atoms with E-state index in [0.717, 1.165) is 12.8 Å². The lowest BCUT2D eigenvalue weighted by molar-refractivity contribution is -0.142. The summed E-state index contributed by atoms with van der Waals surface area (Å²) in [5, 5.41) is 11.1. The first-order chi connectivity index (χ1) is 5.65. The molecule has 68 valence electrons. The average molecular weight is 171 g/mol. The van der Waals surface area contributed by atoms with Gasteiger partial charge in [-0.05, 0) is 19.3 Å². The van der Waals surface area contributed by atoms with Crippen LogP contribution in [0.2, 0.25) is 0 Å². The predicted molar refractivity (Wildman–Crippen MR) is 42.6 cm³/mol. The van der Waals surface area contributed by atoms with Crippen LogP contribution in [0.5, 0.6) is 0 Å². The molecule has 1 aliphatic carbocycles. The van der Waals surface area contributed by atoms with Gasteiger partial charge in [0, 0.05) is 5.92 Å². The van der Waals surface area contributed by atoms with Crippen LogP contribution in [0.4, 0.5) is 0 Å². The summed E-state index contributed by atoms with van der Waals surface area (Å²) in [5.74, 6) is -0.978. The van der Waals surface area contributed by atoms with Gasteiger partial charge in [-0.2, -0.15) is 0 Å². The summed E-state index contributed by atoms with van der Waals surface area (Å²) in [4.78, 5) is 21.6. The minimum Gasteiger partial charge on any atom is -0.480 e. The van der Waals surface area contributed by atoms with Gasteiger partial charge in [-0.3, -0.25) is 4.79 Å². The fourth-order valence-electron chi connectivity index (χ4n) is 0.974. The first-order valence-corrected chi connectivity index (χ1v) is 4.18. The van der Waals surface area contributed by atoms with E-state index in [9.17, 15) is 9.59 Å². The van der Waals surface area contributed by atoms with Gasteiger partial charge in [0.15, 0.2) is 0 Å². The fraction of sp³-hybridized carbons (Fsp3) is 0.750. The number of amides is 1. The van der Waals surface area contributed by atoms with Gasteiger partial charge < -0.3 is 10.4 Å². The van der Waals surface area contributed by atoms with Crippen LogP contribution in [-0.2, 0) is 9.59 Å². The van der Waals surface area contributed by atoms with Crippen LogP contribution in [0, 0.1) is 5.92 Å². The Bertz CT molecular complexity index is 198. The van der Waals surface area contributed by atoms with Crippen molar-refractivity contribution in [3.8, 4) is 0 Å². The van der Waals surface area contributed by atoms with Crippen molar-refractivity contribution < 1.29 is 14.7 Å². The maximum absolute atomic E-state index is 11.1. The van der Waals surface area contributed by atoms with E-state index < -0.39 is 12.0 Å². The Kier molecular flexibility index (Phi) is 2.68. The van der Waals surface area contributed by atoms with E-state index in [0.29, 0.717) is 6.42 Å². The van der Waals surface area contributed by atoms with Gasteiger partial charge in [0.25, 0.3) is 0 Å². The summed E-state index contributed by atoms with van der Waals surface area (Å²) in [6.45, 7) is 1.74. The van der Waals surface area contributed by atoms with Gasteiger partial charge in [-0.25, -0.2) is 4.79 Å². The van der Waals surface area contributed by atoms with Crippen molar-refractivity contribution in [3.05, 3.63) is 0 Å². The number of carbonyl (C=O) groups excluding carboxylic acids is 1. The molecule has 0 aromatic carbocycles. The van der Waals surface area contributed by atoms with Crippen molar-refractivity contribution in [1.82, 2.24) is 5.32 Å². The summed E-state index contributed by atoms with van der Waals surface area (Å²) < 4.78 is 0. The van der Waals surface area contributed by atoms with Gasteiger partial charge in [0.2, 0.25) is 5.91 Å². The van der Waals surface area contributed by atoms with Crippen LogP contribution in [0.1, 0.15) is 26.2 Å². The SMILES string of the molecule is CC[C@H](NC(=O)C1CC1)C(=O)O. The molecule has 4 heteroatoms. The highest BCUT2D eigenvalue weighted by molar-refractivity contribution is 5.86. The Morgan fingerprint density at radius 2 is 2.17 bits per heavy atom. The normalized spacial score (nSPS) is 18.4. The highest BCUT2D eigenvalue weighted by Gasteiger charge is 2.31. The number of carboxylic acids is 1. The molecule has 0 radical (unpaired) electrons. The van der Waals surface area contributed by atoms with Crippen molar-refractivity contribution >= 4 is 11.9 Å². The molecule has 0 bridgehead atoms. The zero-order valence-corrected chi connectivity index (χ0v) is 7.04. The van der Waals surface area contributed by atoms with Crippen LogP contribution in [0.3, 0.4) is 0 Å². The number of rotatable bonds is 4. The second-order valence-electron chi connectivity index (χ2n) is 3.08. The summed E-state index contributed by atoms with van der Waals surface area (Å²) in [6.07, 6.45) is 2.25. The standard InChI is InChI=1S/C8H13NO3/c1-2-6(8(11)12)9-7(10)5-3-4-5/h5-6H,2-4H2,1H3,(H,9,10)(H,11,12)/t6-/m0/s1. The molecule has 1 atom stereocenters. The predicted octanol–water partition coefficient (Wildman–Crippen LogP) is 0.376. The van der Waals surface area contributed by atoms with Crippen LogP contribution >= 0.6 is 0 Å². The van der Waals surface area contributed by atoms with Gasteiger partial charge >= 0.3 is 5.97 Å². The van der Waals surface area contributed by atoms with Crippen molar-refractivity contribution in [3.63, 3.8) is 0 Å². The number of carboxylic acid groups (broad SMARTS) is 1. The van der Waals surface area contributed by atoms with E-state index in [-0.39, 0.29) is 11.8 Å². The molecule has 1 rings (SSSR count). The maximum atomic E-state index is 11.1. The minimum atomic E-state index is -0.952. The van der Waals surface area contributed by atoms with Crippen molar-refractivity contribution in [2.24, 2.45) is 5.92 Å². The molecule has 0 saturated heterocycles. The molecule has 4 nitrogen and oxygen atoms in total. The molecule has 0 aromatic rings. The van der Waals surface area contributed by atoms with Crippen LogP contribution < -0.4 is 5.32 Å². The Morgan fingerprint density at radius 1 is 1.58 bits per heavy atom. The Morgan fingerprint density at radius 3 is 2.50 bits per heavy atom. The van der Waals surface area contributed by atoms with Gasteiger partial charge in [0.05, 0.1) is 0 Å². The molecule has 1 amide bonds. The lowest BCUT2D eigenvalue weighted by atomic mass is 10.2. The zero-order valence-electron chi connectivity index (χ0n) is 7.04. The second kappa shape index (κ2) is 3.56. The molecule has 0 spiro atoms. The molecule has 0 aromatic heterocycles. The quantitative estimate of drug-likeness (QED) is 0.642. The topological polar surface area (TPSA) is 66.4 Å². The van der Waals surface area contributed by atoms with Crippen molar-refractivity contribution in [1.29, 1.82) is 0 Å². The highest BCUT2D eigenvalue weighted by atomic mass is 16.4. The Hall–Kier alpha value is -1.06. The van der Waals surface area contributed by atoms with E-state index in [1.54, 1.807) is 6.92 Å². The summed E-state index contributed by atoms with van der Waals surface area (Å²) in [5.41, 5.74) is 0. The molecule has 1 saturated carbocycles. The number of aliphatic carboxylic acids is 1. The van der Waals surface area contributed by atoms with Gasteiger partial charge in [0.1, 0.15) is 6.04 Å². The number of carbonyl (C=O) groups is 2. The largest absolute Gasteiger partial charge is 0.480 e. The Labute approximate surface area is 71.0 Å². The minimum absolute atomic E-state index is 0.0819. The van der Waals surface area contributed by atoms with E-state index in [2.05, 4.69) is 5.32 Å². The molecule has 0 aliphatic heterocycles. The van der Waals surface area contributed by atoms with Gasteiger partial charge in [-0.15, -0.1) is 0 Å². The highest BCUT2D eigenvalue weighted by Crippen LogP contribution is 2.28. The van der Waals surface area contributed by atoms with Crippen molar-refractivity contribution in [2.75, 3.05) is 0 Å². The zero-order chi connectivity index (χ0) is 9.14. The first kappa shape index (κ1) is 9.03. The third-order valence-corrected chi connectivity index (χ3v) is 1.97. The lowest BCUT2D eigenvalue weighted by Gasteiger charge is -2.11. The molecule has 2 N–H and O–H groups in total. The molecular formula is C8H13NO3. The summed E-state index contributed by atoms with van der Waals surface area (Å²) in [7, 11) is 0. The molecule has 1 aliphatic rings. The average Bonchev–Trinajstić information content (AvgIpc) is 2.80. The lowest BCUT2D eigenvalue weighted by Crippen LogP contribution is -2.40. The van der Waals surface area contributed by atoms with Gasteiger partial charge in [-0.1, -0.05) is 6.92 Å². The monoisotopic (exact) mass is 171 g/mol. The maximum Gasteiger partial charge on any atom is 0.326 e. The van der Waals surface area contributed by atoms with Crippen LogP contribution in [0.25, 0.3) is 0 Å². The third kappa shape index (κ3) is 2.22. The molecule has 0 unspecified atom stereocenters. The van der Waals surface area contributed by atoms with Crippen molar-refractivity contribution in [2.45, 2.75) is 32.2 Å². The molecule has 1 fully saturated rings. The molecular weight excluding hydrogens is 158 g/mol. The number of nitrogens with one attached hydrogen (secondary N) is 1.